The summed E-state index contributed by atoms with van der Waals surface area (Å²) in [6.45, 7) is 9.34. The Morgan fingerprint density at radius 3 is 2.33 bits per heavy atom. The van der Waals surface area contributed by atoms with Gasteiger partial charge in [-0.15, -0.1) is 0 Å². The van der Waals surface area contributed by atoms with E-state index in [-0.39, 0.29) is 17.1 Å². The van der Waals surface area contributed by atoms with Crippen molar-refractivity contribution in [3.05, 3.63) is 65.2 Å². The number of nitrogens with two attached hydrogens (primary N) is 1. The molecule has 0 radical (unpaired) electrons. The smallest absolute Gasteiger partial charge is 0.257 e. The number of para-hydroxylation sites is 2. The Bertz CT molecular complexity index is 1380. The molecule has 0 fully saturated rings. The SMILES string of the molecule is CCCCCCCNC(=O)c1c(N)n(N=Cc2ccc(C(C)(C)C)cc2)c2nc3ccccc3nc12. The fourth-order valence-corrected chi connectivity index (χ4v) is 4.20. The molecule has 188 valence electrons. The zero-order chi connectivity index (χ0) is 25.7. The van der Waals surface area contributed by atoms with E-state index in [0.29, 0.717) is 28.8 Å². The van der Waals surface area contributed by atoms with Crippen molar-refractivity contribution in [3.8, 4) is 0 Å². The number of rotatable bonds is 9. The van der Waals surface area contributed by atoms with Crippen LogP contribution < -0.4 is 11.1 Å². The van der Waals surface area contributed by atoms with Crippen LogP contribution in [0.5, 0.6) is 0 Å². The van der Waals surface area contributed by atoms with Crippen molar-refractivity contribution in [1.82, 2.24) is 20.0 Å². The number of unbranched alkanes of at least 4 members (excludes halogenated alkanes) is 4. The molecule has 0 spiro atoms. The third-order valence-corrected chi connectivity index (χ3v) is 6.37. The number of hydrogen-bond donors (Lipinski definition) is 2. The lowest BCUT2D eigenvalue weighted by Crippen LogP contribution is -2.25. The standard InChI is InChI=1S/C29H36N6O/c1-5-6-7-8-11-18-31-28(36)24-25-27(34-23-13-10-9-12-22(23)33-25)35(26(24)30)32-19-20-14-16-21(17-15-20)29(2,3)4/h9-10,12-17,19H,5-8,11,18,30H2,1-4H3,(H,31,36). The first-order valence-corrected chi connectivity index (χ1v) is 12.8. The first kappa shape index (κ1) is 25.4. The lowest BCUT2D eigenvalue weighted by Gasteiger charge is -2.18. The summed E-state index contributed by atoms with van der Waals surface area (Å²) in [5.74, 6) is -0.0209. The molecule has 0 bridgehead atoms. The van der Waals surface area contributed by atoms with Gasteiger partial charge in [-0.3, -0.25) is 4.79 Å². The minimum atomic E-state index is -0.249. The summed E-state index contributed by atoms with van der Waals surface area (Å²) in [6.07, 6.45) is 7.34. The van der Waals surface area contributed by atoms with E-state index in [1.54, 1.807) is 6.21 Å². The average Bonchev–Trinajstić information content (AvgIpc) is 3.13. The van der Waals surface area contributed by atoms with Gasteiger partial charge in [0.2, 0.25) is 0 Å². The molecule has 2 aromatic heterocycles. The Balaban J connectivity index is 1.68. The highest BCUT2D eigenvalue weighted by Gasteiger charge is 2.24. The van der Waals surface area contributed by atoms with E-state index < -0.39 is 0 Å². The zero-order valence-electron chi connectivity index (χ0n) is 21.7. The first-order chi connectivity index (χ1) is 17.3. The van der Waals surface area contributed by atoms with Crippen LogP contribution in [-0.4, -0.2) is 33.3 Å². The lowest BCUT2D eigenvalue weighted by molar-refractivity contribution is 0.0955. The second-order valence-corrected chi connectivity index (χ2v) is 10.2. The number of hydrogen-bond acceptors (Lipinski definition) is 5. The van der Waals surface area contributed by atoms with Crippen LogP contribution in [-0.2, 0) is 5.41 Å². The minimum Gasteiger partial charge on any atom is -0.383 e. The number of nitrogens with one attached hydrogen (secondary N) is 1. The highest BCUT2D eigenvalue weighted by molar-refractivity contribution is 6.10. The first-order valence-electron chi connectivity index (χ1n) is 12.8. The van der Waals surface area contributed by atoms with Gasteiger partial charge in [0.15, 0.2) is 5.65 Å². The molecule has 0 aliphatic heterocycles. The van der Waals surface area contributed by atoms with Gasteiger partial charge in [0.1, 0.15) is 16.9 Å². The van der Waals surface area contributed by atoms with Crippen molar-refractivity contribution in [1.29, 1.82) is 0 Å². The summed E-state index contributed by atoms with van der Waals surface area (Å²) < 4.78 is 1.52. The summed E-state index contributed by atoms with van der Waals surface area (Å²) >= 11 is 0. The molecule has 36 heavy (non-hydrogen) atoms. The summed E-state index contributed by atoms with van der Waals surface area (Å²) in [7, 11) is 0. The minimum absolute atomic E-state index is 0.0750. The van der Waals surface area contributed by atoms with Crippen molar-refractivity contribution in [2.75, 3.05) is 12.3 Å². The highest BCUT2D eigenvalue weighted by atomic mass is 16.1. The summed E-state index contributed by atoms with van der Waals surface area (Å²) in [5.41, 5.74) is 11.4. The summed E-state index contributed by atoms with van der Waals surface area (Å²) in [4.78, 5) is 22.7. The zero-order valence-corrected chi connectivity index (χ0v) is 21.7. The van der Waals surface area contributed by atoms with Crippen molar-refractivity contribution in [2.45, 2.75) is 65.2 Å². The van der Waals surface area contributed by atoms with Crippen molar-refractivity contribution in [2.24, 2.45) is 5.10 Å². The van der Waals surface area contributed by atoms with Gasteiger partial charge in [0.05, 0.1) is 17.2 Å². The van der Waals surface area contributed by atoms with E-state index in [4.69, 9.17) is 15.7 Å². The third kappa shape index (κ3) is 5.56. The maximum atomic E-state index is 13.2. The van der Waals surface area contributed by atoms with Crippen LogP contribution in [0, 0.1) is 0 Å². The van der Waals surface area contributed by atoms with Crippen LogP contribution in [0.15, 0.2) is 53.6 Å². The fourth-order valence-electron chi connectivity index (χ4n) is 4.20. The van der Waals surface area contributed by atoms with Crippen LogP contribution in [0.25, 0.3) is 22.2 Å². The summed E-state index contributed by atoms with van der Waals surface area (Å²) in [5, 5.41) is 7.63. The second kappa shape index (κ2) is 10.9. The molecule has 0 aliphatic carbocycles. The molecule has 7 nitrogen and oxygen atoms in total. The van der Waals surface area contributed by atoms with Crippen molar-refractivity contribution in [3.63, 3.8) is 0 Å². The third-order valence-electron chi connectivity index (χ3n) is 6.37. The van der Waals surface area contributed by atoms with Gasteiger partial charge in [-0.2, -0.15) is 9.78 Å². The van der Waals surface area contributed by atoms with E-state index in [1.165, 1.54) is 29.5 Å². The molecule has 0 unspecified atom stereocenters. The fraction of sp³-hybridized carbons (Fsp3) is 0.379. The molecule has 3 N–H and O–H groups in total. The number of carbonyl (C=O) groups is 1. The van der Waals surface area contributed by atoms with E-state index in [1.807, 2.05) is 36.4 Å². The molecule has 0 atom stereocenters. The number of nitrogen functional groups attached to an aromatic ring is 1. The van der Waals surface area contributed by atoms with Crippen molar-refractivity contribution < 1.29 is 4.79 Å². The van der Waals surface area contributed by atoms with E-state index in [9.17, 15) is 4.79 Å². The number of aromatic nitrogens is 3. The number of carbonyl (C=O) groups excluding carboxylic acids is 1. The Morgan fingerprint density at radius 1 is 1.00 bits per heavy atom. The maximum Gasteiger partial charge on any atom is 0.257 e. The Labute approximate surface area is 212 Å². The predicted molar refractivity (Wildman–Crippen MR) is 149 cm³/mol. The molecular weight excluding hydrogens is 448 g/mol. The van der Waals surface area contributed by atoms with E-state index >= 15 is 0 Å². The predicted octanol–water partition coefficient (Wildman–Crippen LogP) is 6.05. The van der Waals surface area contributed by atoms with Gasteiger partial charge >= 0.3 is 0 Å². The Kier molecular flexibility index (Phi) is 7.67. The molecule has 7 heteroatoms. The van der Waals surface area contributed by atoms with Gasteiger partial charge < -0.3 is 11.1 Å². The Hall–Kier alpha value is -3.74. The largest absolute Gasteiger partial charge is 0.383 e. The van der Waals surface area contributed by atoms with Crippen LogP contribution in [0.3, 0.4) is 0 Å². The van der Waals surface area contributed by atoms with Gasteiger partial charge in [-0.1, -0.05) is 89.8 Å². The number of nitrogens with zero attached hydrogens (tertiary/aromatic N) is 4. The number of anilines is 1. The van der Waals surface area contributed by atoms with Crippen LogP contribution in [0.2, 0.25) is 0 Å². The molecule has 1 amide bonds. The Morgan fingerprint density at radius 2 is 1.67 bits per heavy atom. The molecule has 0 saturated carbocycles. The van der Waals surface area contributed by atoms with Gasteiger partial charge in [-0.05, 0) is 35.1 Å². The second-order valence-electron chi connectivity index (χ2n) is 10.2. The van der Waals surface area contributed by atoms with Gasteiger partial charge in [0.25, 0.3) is 5.91 Å². The molecule has 0 saturated heterocycles. The molecule has 0 aliphatic rings. The molecule has 4 aromatic rings. The molecule has 4 rings (SSSR count). The average molecular weight is 485 g/mol. The molecule has 2 aromatic carbocycles. The topological polar surface area (TPSA) is 98.2 Å². The lowest BCUT2D eigenvalue weighted by atomic mass is 9.87. The van der Waals surface area contributed by atoms with Crippen molar-refractivity contribution >= 4 is 40.1 Å². The highest BCUT2D eigenvalue weighted by Crippen LogP contribution is 2.28. The maximum absolute atomic E-state index is 13.2. The quantitative estimate of drug-likeness (QED) is 0.223. The number of amides is 1. The van der Waals surface area contributed by atoms with E-state index in [2.05, 4.69) is 50.2 Å². The molecule has 2 heterocycles. The number of benzene rings is 2. The van der Waals surface area contributed by atoms with Gasteiger partial charge in [-0.25, -0.2) is 9.97 Å². The molecular formula is C29H36N6O. The summed E-state index contributed by atoms with van der Waals surface area (Å²) in [6, 6.07) is 15.8. The van der Waals surface area contributed by atoms with Gasteiger partial charge in [0, 0.05) is 6.54 Å². The normalized spacial score (nSPS) is 12.1. The van der Waals surface area contributed by atoms with Crippen LogP contribution in [0.1, 0.15) is 81.3 Å². The van der Waals surface area contributed by atoms with Crippen LogP contribution in [0.4, 0.5) is 5.82 Å². The monoisotopic (exact) mass is 484 g/mol. The number of fused-ring (bicyclic) bond motifs is 2. The van der Waals surface area contributed by atoms with E-state index in [0.717, 1.165) is 23.9 Å². The van der Waals surface area contributed by atoms with Crippen LogP contribution >= 0.6 is 0 Å².